The number of esters is 3. The summed E-state index contributed by atoms with van der Waals surface area (Å²) < 4.78 is 16.9. The third kappa shape index (κ3) is 63.8. The first-order valence-electron chi connectivity index (χ1n) is 33.8. The molecule has 0 aromatic carbocycles. The summed E-state index contributed by atoms with van der Waals surface area (Å²) in [5.74, 6) is -0.929. The molecule has 0 saturated heterocycles. The van der Waals surface area contributed by atoms with Crippen LogP contribution in [0.15, 0.2) is 60.8 Å². The first-order valence-corrected chi connectivity index (χ1v) is 33.8. The van der Waals surface area contributed by atoms with Crippen LogP contribution in [0, 0.1) is 0 Å². The molecule has 0 aliphatic heterocycles. The second-order valence-electron chi connectivity index (χ2n) is 22.7. The Kier molecular flexibility index (Phi) is 63.2. The molecule has 6 heteroatoms. The topological polar surface area (TPSA) is 78.9 Å². The Balaban J connectivity index is 4.28. The average Bonchev–Trinajstić information content (AvgIpc) is 3.43. The highest BCUT2D eigenvalue weighted by Gasteiger charge is 2.19. The number of ether oxygens (including phenoxy) is 3. The quantitative estimate of drug-likeness (QED) is 0.0261. The zero-order valence-corrected chi connectivity index (χ0v) is 51.5. The van der Waals surface area contributed by atoms with Crippen molar-refractivity contribution in [2.24, 2.45) is 0 Å². The van der Waals surface area contributed by atoms with Crippen LogP contribution in [0.25, 0.3) is 0 Å². The minimum Gasteiger partial charge on any atom is -0.462 e. The Morgan fingerprint density at radius 1 is 0.273 bits per heavy atom. The Morgan fingerprint density at radius 3 is 0.779 bits per heavy atom. The predicted octanol–water partition coefficient (Wildman–Crippen LogP) is 23.1. The zero-order chi connectivity index (χ0) is 55.7. The van der Waals surface area contributed by atoms with Gasteiger partial charge in [0.1, 0.15) is 13.2 Å². The normalized spacial score (nSPS) is 12.4. The monoisotopic (exact) mass is 1080 g/mol. The molecular weight excluding hydrogens is 949 g/mol. The molecule has 0 N–H and O–H groups in total. The van der Waals surface area contributed by atoms with Gasteiger partial charge in [-0.3, -0.25) is 14.4 Å². The van der Waals surface area contributed by atoms with E-state index in [1.165, 1.54) is 231 Å². The van der Waals surface area contributed by atoms with Crippen molar-refractivity contribution >= 4 is 17.9 Å². The van der Waals surface area contributed by atoms with Crippen LogP contribution < -0.4 is 0 Å². The summed E-state index contributed by atoms with van der Waals surface area (Å²) in [5.41, 5.74) is 0. The lowest BCUT2D eigenvalue weighted by molar-refractivity contribution is -0.167. The molecule has 0 aliphatic rings. The second kappa shape index (κ2) is 65.6. The van der Waals surface area contributed by atoms with Crippen molar-refractivity contribution in [1.29, 1.82) is 0 Å². The molecule has 77 heavy (non-hydrogen) atoms. The minimum atomic E-state index is -0.802. The summed E-state index contributed by atoms with van der Waals surface area (Å²) >= 11 is 0. The number of hydrogen-bond donors (Lipinski definition) is 0. The van der Waals surface area contributed by atoms with E-state index in [2.05, 4.69) is 81.5 Å². The third-order valence-corrected chi connectivity index (χ3v) is 15.0. The lowest BCUT2D eigenvalue weighted by atomic mass is 10.0. The number of rotatable bonds is 62. The third-order valence-electron chi connectivity index (χ3n) is 15.0. The highest BCUT2D eigenvalue weighted by atomic mass is 16.6. The molecule has 0 radical (unpaired) electrons. The van der Waals surface area contributed by atoms with Gasteiger partial charge in [-0.1, -0.05) is 338 Å². The van der Waals surface area contributed by atoms with E-state index in [9.17, 15) is 14.4 Å². The fraction of sp³-hybridized carbons (Fsp3) is 0.817. The first kappa shape index (κ1) is 74.1. The average molecular weight is 1080 g/mol. The van der Waals surface area contributed by atoms with Gasteiger partial charge in [-0.15, -0.1) is 0 Å². The van der Waals surface area contributed by atoms with Crippen LogP contribution >= 0.6 is 0 Å². The van der Waals surface area contributed by atoms with E-state index in [1.807, 2.05) is 0 Å². The summed E-state index contributed by atoms with van der Waals surface area (Å²) in [5, 5.41) is 0. The number of carbonyl (C=O) groups is 3. The van der Waals surface area contributed by atoms with Gasteiger partial charge in [0.2, 0.25) is 0 Å². The molecule has 0 rings (SSSR count). The molecular formula is C71H128O6. The summed E-state index contributed by atoms with van der Waals surface area (Å²) in [7, 11) is 0. The van der Waals surface area contributed by atoms with Crippen LogP contribution in [0.5, 0.6) is 0 Å². The Bertz CT molecular complexity index is 1380. The van der Waals surface area contributed by atoms with Crippen LogP contribution in [-0.4, -0.2) is 37.2 Å². The minimum absolute atomic E-state index is 0.0922. The molecule has 0 saturated carbocycles. The van der Waals surface area contributed by atoms with E-state index in [1.54, 1.807) is 0 Å². The first-order chi connectivity index (χ1) is 38.0. The molecule has 0 fully saturated rings. The van der Waals surface area contributed by atoms with Gasteiger partial charge in [0.15, 0.2) is 6.10 Å². The van der Waals surface area contributed by atoms with E-state index in [0.29, 0.717) is 19.3 Å². The van der Waals surface area contributed by atoms with Gasteiger partial charge in [-0.25, -0.2) is 0 Å². The number of hydrogen-bond acceptors (Lipinski definition) is 6. The van der Waals surface area contributed by atoms with Crippen molar-refractivity contribution in [3.63, 3.8) is 0 Å². The number of allylic oxidation sites excluding steroid dienone is 10. The zero-order valence-electron chi connectivity index (χ0n) is 51.5. The Hall–Kier alpha value is -2.89. The molecule has 0 aliphatic carbocycles. The van der Waals surface area contributed by atoms with E-state index in [0.717, 1.165) is 77.0 Å². The fourth-order valence-corrected chi connectivity index (χ4v) is 10.0. The Labute approximate surface area is 479 Å². The maximum atomic E-state index is 12.9. The van der Waals surface area contributed by atoms with Crippen molar-refractivity contribution in [2.75, 3.05) is 13.2 Å². The highest BCUT2D eigenvalue weighted by Crippen LogP contribution is 2.18. The van der Waals surface area contributed by atoms with Gasteiger partial charge in [0, 0.05) is 19.3 Å². The summed E-state index contributed by atoms with van der Waals surface area (Å²) in [6, 6.07) is 0. The Morgan fingerprint density at radius 2 is 0.506 bits per heavy atom. The lowest BCUT2D eigenvalue weighted by Crippen LogP contribution is -2.30. The fourth-order valence-electron chi connectivity index (χ4n) is 10.0. The smallest absolute Gasteiger partial charge is 0.306 e. The van der Waals surface area contributed by atoms with Gasteiger partial charge in [-0.2, -0.15) is 0 Å². The molecule has 0 spiro atoms. The van der Waals surface area contributed by atoms with Crippen molar-refractivity contribution < 1.29 is 28.6 Å². The molecule has 1 atom stereocenters. The van der Waals surface area contributed by atoms with E-state index >= 15 is 0 Å². The molecule has 6 nitrogen and oxygen atoms in total. The van der Waals surface area contributed by atoms with E-state index < -0.39 is 6.10 Å². The van der Waals surface area contributed by atoms with Gasteiger partial charge in [0.25, 0.3) is 0 Å². The largest absolute Gasteiger partial charge is 0.462 e. The van der Waals surface area contributed by atoms with Crippen LogP contribution in [0.3, 0.4) is 0 Å². The van der Waals surface area contributed by atoms with Crippen LogP contribution in [0.4, 0.5) is 0 Å². The SMILES string of the molecule is CC/C=C\C/C=C\C/C=C\C/C=C\C/C=C\CCCC(=O)OC(COC(=O)CCCCCCCCCCCCCCCCC)COC(=O)CCCCCCCCCCCCCCCCCCCCCCCCCCCCC. The standard InChI is InChI=1S/C71H128O6/c1-4-7-10-13-16-19-22-25-28-30-31-32-33-34-35-36-37-38-39-41-43-46-49-52-55-58-61-64-70(73)76-67-68(66-75-69(72)63-60-57-54-51-48-45-42-27-24-21-18-15-12-9-6-3)77-71(74)65-62-59-56-53-50-47-44-40-29-26-23-20-17-14-11-8-5-2/h8,11,17,20,26,29,44,47,53,56,68H,4-7,9-10,12-16,18-19,21-25,27-28,30-43,45-46,48-52,54-55,57-67H2,1-3H3/b11-8-,20-17-,29-26-,47-44-,56-53-. The van der Waals surface area contributed by atoms with Crippen LogP contribution in [0.2, 0.25) is 0 Å². The summed E-state index contributed by atoms with van der Waals surface area (Å²) in [4.78, 5) is 38.3. The maximum absolute atomic E-state index is 12.9. The van der Waals surface area contributed by atoms with Crippen molar-refractivity contribution in [1.82, 2.24) is 0 Å². The van der Waals surface area contributed by atoms with E-state index in [4.69, 9.17) is 14.2 Å². The van der Waals surface area contributed by atoms with Crippen LogP contribution in [-0.2, 0) is 28.6 Å². The van der Waals surface area contributed by atoms with Gasteiger partial charge >= 0.3 is 17.9 Å². The second-order valence-corrected chi connectivity index (χ2v) is 22.7. The molecule has 0 heterocycles. The van der Waals surface area contributed by atoms with Gasteiger partial charge in [-0.05, 0) is 57.8 Å². The number of carbonyl (C=O) groups excluding carboxylic acids is 3. The molecule has 0 bridgehead atoms. The lowest BCUT2D eigenvalue weighted by Gasteiger charge is -2.18. The highest BCUT2D eigenvalue weighted by molar-refractivity contribution is 5.71. The summed E-state index contributed by atoms with van der Waals surface area (Å²) in [6.07, 6.45) is 84.0. The number of unbranched alkanes of at least 4 members (excludes halogenated alkanes) is 41. The maximum Gasteiger partial charge on any atom is 0.306 e. The van der Waals surface area contributed by atoms with E-state index in [-0.39, 0.29) is 37.5 Å². The molecule has 1 unspecified atom stereocenters. The van der Waals surface area contributed by atoms with Crippen LogP contribution in [0.1, 0.15) is 355 Å². The van der Waals surface area contributed by atoms with Crippen molar-refractivity contribution in [2.45, 2.75) is 361 Å². The van der Waals surface area contributed by atoms with Crippen molar-refractivity contribution in [3.8, 4) is 0 Å². The van der Waals surface area contributed by atoms with Gasteiger partial charge < -0.3 is 14.2 Å². The molecule has 448 valence electrons. The molecule has 0 aromatic rings. The van der Waals surface area contributed by atoms with Gasteiger partial charge in [0.05, 0.1) is 0 Å². The molecule has 0 amide bonds. The predicted molar refractivity (Wildman–Crippen MR) is 335 cm³/mol. The molecule has 0 aromatic heterocycles. The summed E-state index contributed by atoms with van der Waals surface area (Å²) in [6.45, 7) is 6.54. The van der Waals surface area contributed by atoms with Crippen molar-refractivity contribution in [3.05, 3.63) is 60.8 Å².